The number of rotatable bonds is 1. The molecule has 3 aromatic heterocycles. The van der Waals surface area contributed by atoms with Crippen LogP contribution in [0.25, 0.3) is 21.9 Å². The van der Waals surface area contributed by atoms with E-state index in [0.717, 1.165) is 53.7 Å². The van der Waals surface area contributed by atoms with Gasteiger partial charge in [0, 0.05) is 30.7 Å². The number of fused-ring (bicyclic) bond motifs is 3. The summed E-state index contributed by atoms with van der Waals surface area (Å²) in [6.45, 7) is 1.76. The Morgan fingerprint density at radius 1 is 1.30 bits per heavy atom. The second-order valence-electron chi connectivity index (χ2n) is 5.22. The van der Waals surface area contributed by atoms with E-state index in [1.165, 1.54) is 0 Å². The van der Waals surface area contributed by atoms with Crippen molar-refractivity contribution in [2.24, 2.45) is 5.73 Å². The van der Waals surface area contributed by atoms with Gasteiger partial charge in [0.15, 0.2) is 11.5 Å². The van der Waals surface area contributed by atoms with Crippen LogP contribution in [-0.2, 0) is 0 Å². The molecule has 0 aromatic carbocycles. The molecule has 0 bridgehead atoms. The molecule has 0 amide bonds. The smallest absolute Gasteiger partial charge is 0.161 e. The highest BCUT2D eigenvalue weighted by Gasteiger charge is 2.21. The molecule has 0 saturated carbocycles. The number of hydrogen-bond donors (Lipinski definition) is 2. The van der Waals surface area contributed by atoms with Crippen molar-refractivity contribution in [1.82, 2.24) is 25.4 Å². The Bertz CT molecular complexity index is 766. The summed E-state index contributed by atoms with van der Waals surface area (Å²) in [4.78, 5) is 5.29. The molecular formula is C13H15N7. The third kappa shape index (κ3) is 1.70. The van der Waals surface area contributed by atoms with Crippen molar-refractivity contribution in [3.8, 4) is 0 Å². The van der Waals surface area contributed by atoms with E-state index in [0.29, 0.717) is 0 Å². The van der Waals surface area contributed by atoms with E-state index in [1.54, 1.807) is 6.20 Å². The van der Waals surface area contributed by atoms with Crippen LogP contribution in [0.5, 0.6) is 0 Å². The summed E-state index contributed by atoms with van der Waals surface area (Å²) < 4.78 is 0. The summed E-state index contributed by atoms with van der Waals surface area (Å²) in [7, 11) is 0. The van der Waals surface area contributed by atoms with Gasteiger partial charge in [0.2, 0.25) is 0 Å². The van der Waals surface area contributed by atoms with Crippen LogP contribution in [0.1, 0.15) is 12.8 Å². The lowest BCUT2D eigenvalue weighted by atomic mass is 10.1. The molecule has 0 radical (unpaired) electrons. The number of aromatic amines is 1. The average Bonchev–Trinajstić information content (AvgIpc) is 2.95. The van der Waals surface area contributed by atoms with Gasteiger partial charge in [0.05, 0.1) is 11.6 Å². The van der Waals surface area contributed by atoms with Gasteiger partial charge in [0.25, 0.3) is 0 Å². The molecule has 1 saturated heterocycles. The Kier molecular flexibility index (Phi) is 2.53. The molecule has 4 heterocycles. The van der Waals surface area contributed by atoms with Gasteiger partial charge in [-0.15, -0.1) is 15.3 Å². The first-order valence-electron chi connectivity index (χ1n) is 6.78. The number of anilines is 1. The molecule has 1 aliphatic rings. The van der Waals surface area contributed by atoms with Crippen LogP contribution in [0.2, 0.25) is 0 Å². The van der Waals surface area contributed by atoms with Crippen molar-refractivity contribution in [3.05, 3.63) is 18.5 Å². The summed E-state index contributed by atoms with van der Waals surface area (Å²) in [6.07, 6.45) is 5.66. The third-order valence-corrected chi connectivity index (χ3v) is 3.82. The molecule has 1 aliphatic heterocycles. The Morgan fingerprint density at radius 2 is 2.25 bits per heavy atom. The predicted molar refractivity (Wildman–Crippen MR) is 76.4 cm³/mol. The fraction of sp³-hybridized carbons (Fsp3) is 0.385. The third-order valence-electron chi connectivity index (χ3n) is 3.82. The molecule has 7 heteroatoms. The maximum absolute atomic E-state index is 6.08. The van der Waals surface area contributed by atoms with Crippen molar-refractivity contribution >= 4 is 27.8 Å². The van der Waals surface area contributed by atoms with E-state index in [9.17, 15) is 0 Å². The predicted octanol–water partition coefficient (Wildman–Crippen LogP) is 0.829. The van der Waals surface area contributed by atoms with Crippen molar-refractivity contribution in [2.75, 3.05) is 18.0 Å². The van der Waals surface area contributed by atoms with Crippen molar-refractivity contribution in [1.29, 1.82) is 0 Å². The van der Waals surface area contributed by atoms with Gasteiger partial charge in [-0.1, -0.05) is 0 Å². The van der Waals surface area contributed by atoms with Crippen LogP contribution >= 0.6 is 0 Å². The normalized spacial score (nSPS) is 19.9. The number of H-pyrrole nitrogens is 1. The molecule has 1 atom stereocenters. The molecule has 102 valence electrons. The Labute approximate surface area is 115 Å². The fourth-order valence-corrected chi connectivity index (χ4v) is 2.87. The van der Waals surface area contributed by atoms with Gasteiger partial charge in [-0.3, -0.25) is 0 Å². The standard InChI is InChI=1S/C13H15N7/c14-8-2-1-5-20(7-8)13-11-9-3-4-15-12(9)18-17-10(11)6-16-19-13/h3-4,6,8H,1-2,5,7,14H2,(H,15,18). The van der Waals surface area contributed by atoms with E-state index in [2.05, 4.69) is 30.3 Å². The highest BCUT2D eigenvalue weighted by Crippen LogP contribution is 2.29. The lowest BCUT2D eigenvalue weighted by Crippen LogP contribution is -2.43. The fourth-order valence-electron chi connectivity index (χ4n) is 2.87. The van der Waals surface area contributed by atoms with E-state index >= 15 is 0 Å². The lowest BCUT2D eigenvalue weighted by Gasteiger charge is -2.31. The lowest BCUT2D eigenvalue weighted by molar-refractivity contribution is 0.503. The highest BCUT2D eigenvalue weighted by molar-refractivity contribution is 6.08. The topological polar surface area (TPSA) is 96.6 Å². The Hall–Kier alpha value is -2.28. The van der Waals surface area contributed by atoms with Gasteiger partial charge >= 0.3 is 0 Å². The second kappa shape index (κ2) is 4.38. The van der Waals surface area contributed by atoms with Gasteiger partial charge < -0.3 is 15.6 Å². The number of nitrogens with zero attached hydrogens (tertiary/aromatic N) is 5. The van der Waals surface area contributed by atoms with Crippen LogP contribution in [0.15, 0.2) is 18.5 Å². The first-order valence-corrected chi connectivity index (χ1v) is 6.78. The molecular weight excluding hydrogens is 254 g/mol. The van der Waals surface area contributed by atoms with Crippen molar-refractivity contribution in [3.63, 3.8) is 0 Å². The van der Waals surface area contributed by atoms with Gasteiger partial charge in [-0.25, -0.2) is 0 Å². The van der Waals surface area contributed by atoms with E-state index < -0.39 is 0 Å². The van der Waals surface area contributed by atoms with Crippen LogP contribution in [0, 0.1) is 0 Å². The first-order chi connectivity index (χ1) is 9.83. The number of nitrogens with two attached hydrogens (primary N) is 1. The van der Waals surface area contributed by atoms with E-state index in [1.807, 2.05) is 12.3 Å². The Balaban J connectivity index is 1.96. The second-order valence-corrected chi connectivity index (χ2v) is 5.22. The number of hydrogen-bond acceptors (Lipinski definition) is 6. The molecule has 4 rings (SSSR count). The maximum atomic E-state index is 6.08. The molecule has 20 heavy (non-hydrogen) atoms. The molecule has 3 aromatic rings. The SMILES string of the molecule is NC1CCCN(c2nncc3nnc4[nH]ccc4c23)C1. The molecule has 3 N–H and O–H groups in total. The summed E-state index contributed by atoms with van der Waals surface area (Å²) in [5.41, 5.74) is 7.61. The Morgan fingerprint density at radius 3 is 3.15 bits per heavy atom. The van der Waals surface area contributed by atoms with Crippen LogP contribution in [-0.4, -0.2) is 44.5 Å². The largest absolute Gasteiger partial charge is 0.353 e. The zero-order valence-electron chi connectivity index (χ0n) is 11.0. The number of piperidine rings is 1. The maximum Gasteiger partial charge on any atom is 0.161 e. The van der Waals surface area contributed by atoms with Crippen LogP contribution < -0.4 is 10.6 Å². The van der Waals surface area contributed by atoms with E-state index in [-0.39, 0.29) is 6.04 Å². The molecule has 0 spiro atoms. The summed E-state index contributed by atoms with van der Waals surface area (Å²) in [5.74, 6) is 0.858. The zero-order chi connectivity index (χ0) is 13.5. The molecule has 1 unspecified atom stereocenters. The van der Waals surface area contributed by atoms with Gasteiger partial charge in [0.1, 0.15) is 5.52 Å². The quantitative estimate of drug-likeness (QED) is 0.679. The zero-order valence-corrected chi connectivity index (χ0v) is 11.0. The van der Waals surface area contributed by atoms with Crippen LogP contribution in [0.3, 0.4) is 0 Å². The van der Waals surface area contributed by atoms with Gasteiger partial charge in [-0.2, -0.15) is 5.10 Å². The van der Waals surface area contributed by atoms with E-state index in [4.69, 9.17) is 5.73 Å². The average molecular weight is 269 g/mol. The minimum absolute atomic E-state index is 0.192. The number of aromatic nitrogens is 5. The molecule has 1 fully saturated rings. The highest BCUT2D eigenvalue weighted by atomic mass is 15.3. The first kappa shape index (κ1) is 11.5. The summed E-state index contributed by atoms with van der Waals surface area (Å²) in [6, 6.07) is 2.19. The summed E-state index contributed by atoms with van der Waals surface area (Å²) >= 11 is 0. The van der Waals surface area contributed by atoms with Crippen molar-refractivity contribution < 1.29 is 0 Å². The van der Waals surface area contributed by atoms with Crippen molar-refractivity contribution in [2.45, 2.75) is 18.9 Å². The van der Waals surface area contributed by atoms with Crippen LogP contribution in [0.4, 0.5) is 5.82 Å². The minimum atomic E-state index is 0.192. The molecule has 7 nitrogen and oxygen atoms in total. The summed E-state index contributed by atoms with van der Waals surface area (Å²) in [5, 5.41) is 18.8. The minimum Gasteiger partial charge on any atom is -0.353 e. The monoisotopic (exact) mass is 269 g/mol. The molecule has 0 aliphatic carbocycles. The number of nitrogens with one attached hydrogen (secondary N) is 1. The van der Waals surface area contributed by atoms with Gasteiger partial charge in [-0.05, 0) is 18.9 Å².